The molecular formula is C14H16N4O2. The average Bonchev–Trinajstić information content (AvgIpc) is 3.10. The molecule has 2 atom stereocenters. The van der Waals surface area contributed by atoms with Crippen LogP contribution in [0.25, 0.3) is 11.3 Å². The van der Waals surface area contributed by atoms with Crippen molar-refractivity contribution >= 4 is 11.6 Å². The molecule has 0 saturated carbocycles. The second-order valence-electron chi connectivity index (χ2n) is 4.84. The molecule has 0 bridgehead atoms. The Morgan fingerprint density at radius 2 is 2.15 bits per heavy atom. The van der Waals surface area contributed by atoms with Gasteiger partial charge in [0.2, 0.25) is 5.91 Å². The molecule has 2 aromatic rings. The summed E-state index contributed by atoms with van der Waals surface area (Å²) >= 11 is 0. The van der Waals surface area contributed by atoms with Gasteiger partial charge in [0, 0.05) is 11.7 Å². The number of hydrogen-bond donors (Lipinski definition) is 3. The standard InChI is InChI=1S/C14H16N4O2/c15-12-7-20-6-11(12)14(19)18-10-3-1-9(2-4-10)13-5-16-8-17-13/h1-5,8,11-12H,6-7,15H2,(H,16,17)(H,18,19). The number of carbonyl (C=O) groups excluding carboxylic acids is 1. The number of aromatic nitrogens is 2. The SMILES string of the molecule is NC1COCC1C(=O)Nc1ccc(-c2cnc[nH]2)cc1. The lowest BCUT2D eigenvalue weighted by atomic mass is 10.0. The van der Waals surface area contributed by atoms with E-state index < -0.39 is 0 Å². The van der Waals surface area contributed by atoms with E-state index in [4.69, 9.17) is 10.5 Å². The molecular weight excluding hydrogens is 256 g/mol. The number of nitrogens with zero attached hydrogens (tertiary/aromatic N) is 1. The molecule has 1 fully saturated rings. The van der Waals surface area contributed by atoms with Crippen LogP contribution in [-0.4, -0.2) is 35.1 Å². The first-order valence-electron chi connectivity index (χ1n) is 6.47. The lowest BCUT2D eigenvalue weighted by Crippen LogP contribution is -2.37. The highest BCUT2D eigenvalue weighted by molar-refractivity contribution is 5.93. The van der Waals surface area contributed by atoms with Crippen molar-refractivity contribution in [3.8, 4) is 11.3 Å². The number of anilines is 1. The van der Waals surface area contributed by atoms with Gasteiger partial charge in [-0.05, 0) is 17.7 Å². The Balaban J connectivity index is 1.68. The number of H-pyrrole nitrogens is 1. The molecule has 6 heteroatoms. The highest BCUT2D eigenvalue weighted by Crippen LogP contribution is 2.20. The zero-order valence-corrected chi connectivity index (χ0v) is 10.9. The van der Waals surface area contributed by atoms with Gasteiger partial charge in [-0.1, -0.05) is 12.1 Å². The highest BCUT2D eigenvalue weighted by Gasteiger charge is 2.31. The zero-order valence-electron chi connectivity index (χ0n) is 10.9. The molecule has 2 heterocycles. The van der Waals surface area contributed by atoms with Crippen LogP contribution >= 0.6 is 0 Å². The predicted octanol–water partition coefficient (Wildman–Crippen LogP) is 0.989. The topological polar surface area (TPSA) is 93.0 Å². The molecule has 4 N–H and O–H groups in total. The molecule has 1 saturated heterocycles. The normalized spacial score (nSPS) is 21.9. The third-order valence-corrected chi connectivity index (χ3v) is 3.42. The second-order valence-corrected chi connectivity index (χ2v) is 4.84. The molecule has 20 heavy (non-hydrogen) atoms. The minimum atomic E-state index is -0.276. The number of carbonyl (C=O) groups is 1. The molecule has 1 aromatic carbocycles. The molecule has 1 amide bonds. The molecule has 1 aliphatic heterocycles. The number of ether oxygens (including phenoxy) is 1. The van der Waals surface area contributed by atoms with Crippen LogP contribution in [0, 0.1) is 5.92 Å². The van der Waals surface area contributed by atoms with Crippen LogP contribution in [0.1, 0.15) is 0 Å². The first kappa shape index (κ1) is 12.8. The smallest absolute Gasteiger partial charge is 0.231 e. The molecule has 1 aliphatic rings. The Kier molecular flexibility index (Phi) is 3.49. The van der Waals surface area contributed by atoms with E-state index in [0.29, 0.717) is 13.2 Å². The van der Waals surface area contributed by atoms with Gasteiger partial charge in [-0.25, -0.2) is 4.98 Å². The van der Waals surface area contributed by atoms with E-state index in [9.17, 15) is 4.79 Å². The van der Waals surface area contributed by atoms with Crippen LogP contribution in [0.15, 0.2) is 36.8 Å². The van der Waals surface area contributed by atoms with E-state index in [0.717, 1.165) is 16.9 Å². The number of hydrogen-bond acceptors (Lipinski definition) is 4. The molecule has 104 valence electrons. The summed E-state index contributed by atoms with van der Waals surface area (Å²) in [5, 5.41) is 2.86. The van der Waals surface area contributed by atoms with Gasteiger partial charge < -0.3 is 20.8 Å². The number of nitrogens with one attached hydrogen (secondary N) is 2. The van der Waals surface area contributed by atoms with Crippen LogP contribution < -0.4 is 11.1 Å². The maximum absolute atomic E-state index is 12.1. The minimum Gasteiger partial charge on any atom is -0.379 e. The van der Waals surface area contributed by atoms with Crippen molar-refractivity contribution in [3.05, 3.63) is 36.8 Å². The summed E-state index contributed by atoms with van der Waals surface area (Å²) in [5.74, 6) is -0.369. The molecule has 0 aliphatic carbocycles. The van der Waals surface area contributed by atoms with Crippen LogP contribution in [-0.2, 0) is 9.53 Å². The maximum atomic E-state index is 12.1. The van der Waals surface area contributed by atoms with Gasteiger partial charge in [0.25, 0.3) is 0 Å². The summed E-state index contributed by atoms with van der Waals surface area (Å²) in [7, 11) is 0. The van der Waals surface area contributed by atoms with Gasteiger partial charge in [-0.15, -0.1) is 0 Å². The Hall–Kier alpha value is -2.18. The van der Waals surface area contributed by atoms with E-state index >= 15 is 0 Å². The minimum absolute atomic E-state index is 0.0932. The van der Waals surface area contributed by atoms with E-state index in [1.165, 1.54) is 0 Å². The van der Waals surface area contributed by atoms with Crippen molar-refractivity contribution in [1.82, 2.24) is 9.97 Å². The predicted molar refractivity (Wildman–Crippen MR) is 74.9 cm³/mol. The van der Waals surface area contributed by atoms with Crippen LogP contribution in [0.5, 0.6) is 0 Å². The Morgan fingerprint density at radius 1 is 1.35 bits per heavy atom. The van der Waals surface area contributed by atoms with Crippen LogP contribution in [0.4, 0.5) is 5.69 Å². The van der Waals surface area contributed by atoms with Gasteiger partial charge in [0.1, 0.15) is 0 Å². The van der Waals surface area contributed by atoms with Crippen molar-refractivity contribution in [2.24, 2.45) is 11.7 Å². The lowest BCUT2D eigenvalue weighted by Gasteiger charge is -2.13. The number of rotatable bonds is 3. The first-order valence-corrected chi connectivity index (χ1v) is 6.47. The van der Waals surface area contributed by atoms with Gasteiger partial charge in [-0.3, -0.25) is 4.79 Å². The van der Waals surface area contributed by atoms with Crippen molar-refractivity contribution in [2.75, 3.05) is 18.5 Å². The van der Waals surface area contributed by atoms with Crippen molar-refractivity contribution < 1.29 is 9.53 Å². The van der Waals surface area contributed by atoms with Crippen LogP contribution in [0.3, 0.4) is 0 Å². The van der Waals surface area contributed by atoms with Gasteiger partial charge >= 0.3 is 0 Å². The fourth-order valence-corrected chi connectivity index (χ4v) is 2.22. The molecule has 6 nitrogen and oxygen atoms in total. The summed E-state index contributed by atoms with van der Waals surface area (Å²) < 4.78 is 5.20. The van der Waals surface area contributed by atoms with E-state index in [1.807, 2.05) is 24.3 Å². The third-order valence-electron chi connectivity index (χ3n) is 3.42. The number of amides is 1. The summed E-state index contributed by atoms with van der Waals surface area (Å²) in [6, 6.07) is 7.34. The number of imidazole rings is 1. The number of nitrogens with two attached hydrogens (primary N) is 1. The Labute approximate surface area is 116 Å². The van der Waals surface area contributed by atoms with E-state index in [2.05, 4.69) is 15.3 Å². The van der Waals surface area contributed by atoms with Crippen molar-refractivity contribution in [2.45, 2.75) is 6.04 Å². The summed E-state index contributed by atoms with van der Waals surface area (Å²) in [6.45, 7) is 0.829. The average molecular weight is 272 g/mol. The summed E-state index contributed by atoms with van der Waals surface area (Å²) in [6.07, 6.45) is 3.38. The fourth-order valence-electron chi connectivity index (χ4n) is 2.22. The molecule has 2 unspecified atom stereocenters. The van der Waals surface area contributed by atoms with Gasteiger partial charge in [-0.2, -0.15) is 0 Å². The molecule has 1 aromatic heterocycles. The fraction of sp³-hybridized carbons (Fsp3) is 0.286. The lowest BCUT2D eigenvalue weighted by molar-refractivity contribution is -0.120. The monoisotopic (exact) mass is 272 g/mol. The Bertz CT molecular complexity index is 580. The van der Waals surface area contributed by atoms with E-state index in [-0.39, 0.29) is 17.9 Å². The quantitative estimate of drug-likeness (QED) is 0.776. The molecule has 3 rings (SSSR count). The molecule has 0 radical (unpaired) electrons. The summed E-state index contributed by atoms with van der Waals surface area (Å²) in [5.41, 5.74) is 8.53. The largest absolute Gasteiger partial charge is 0.379 e. The summed E-state index contributed by atoms with van der Waals surface area (Å²) in [4.78, 5) is 19.1. The second kappa shape index (κ2) is 5.44. The first-order chi connectivity index (χ1) is 9.74. The Morgan fingerprint density at radius 3 is 2.75 bits per heavy atom. The van der Waals surface area contributed by atoms with Gasteiger partial charge in [0.15, 0.2) is 0 Å². The van der Waals surface area contributed by atoms with Crippen molar-refractivity contribution in [1.29, 1.82) is 0 Å². The maximum Gasteiger partial charge on any atom is 0.231 e. The molecule has 0 spiro atoms. The number of benzene rings is 1. The van der Waals surface area contributed by atoms with Gasteiger partial charge in [0.05, 0.1) is 37.3 Å². The van der Waals surface area contributed by atoms with Crippen LogP contribution in [0.2, 0.25) is 0 Å². The van der Waals surface area contributed by atoms with E-state index in [1.54, 1.807) is 12.5 Å². The number of aromatic amines is 1. The third kappa shape index (κ3) is 2.56. The highest BCUT2D eigenvalue weighted by atomic mass is 16.5. The van der Waals surface area contributed by atoms with Crippen molar-refractivity contribution in [3.63, 3.8) is 0 Å². The zero-order chi connectivity index (χ0) is 13.9.